The van der Waals surface area contributed by atoms with Gasteiger partial charge in [-0.3, -0.25) is 14.9 Å². The van der Waals surface area contributed by atoms with Crippen molar-refractivity contribution >= 4 is 11.6 Å². The molecule has 0 bridgehead atoms. The molecule has 7 heteroatoms. The van der Waals surface area contributed by atoms with Crippen molar-refractivity contribution in [2.45, 2.75) is 13.3 Å². The van der Waals surface area contributed by atoms with Crippen molar-refractivity contribution in [1.29, 1.82) is 0 Å². The molecule has 0 aliphatic carbocycles. The fourth-order valence-corrected chi connectivity index (χ4v) is 2.54. The van der Waals surface area contributed by atoms with E-state index in [0.717, 1.165) is 5.56 Å². The van der Waals surface area contributed by atoms with Gasteiger partial charge in [-0.1, -0.05) is 18.2 Å². The highest BCUT2D eigenvalue weighted by molar-refractivity contribution is 5.98. The lowest BCUT2D eigenvalue weighted by Gasteiger charge is -2.10. The van der Waals surface area contributed by atoms with E-state index in [1.54, 1.807) is 39.3 Å². The van der Waals surface area contributed by atoms with Crippen molar-refractivity contribution in [1.82, 2.24) is 5.32 Å². The van der Waals surface area contributed by atoms with Crippen LogP contribution in [0.5, 0.6) is 11.5 Å². The molecule has 2 aromatic carbocycles. The van der Waals surface area contributed by atoms with Crippen molar-refractivity contribution < 1.29 is 19.2 Å². The Morgan fingerprint density at radius 1 is 1.16 bits per heavy atom. The maximum atomic E-state index is 12.3. The molecule has 1 amide bonds. The highest BCUT2D eigenvalue weighted by Gasteiger charge is 2.21. The Morgan fingerprint density at radius 3 is 2.52 bits per heavy atom. The van der Waals surface area contributed by atoms with E-state index in [0.29, 0.717) is 30.0 Å². The van der Waals surface area contributed by atoms with Crippen LogP contribution in [-0.2, 0) is 6.42 Å². The molecule has 0 atom stereocenters. The summed E-state index contributed by atoms with van der Waals surface area (Å²) in [7, 11) is 3.12. The minimum Gasteiger partial charge on any atom is -0.493 e. The number of benzene rings is 2. The number of methoxy groups -OCH3 is 2. The van der Waals surface area contributed by atoms with Crippen molar-refractivity contribution in [3.63, 3.8) is 0 Å². The van der Waals surface area contributed by atoms with Crippen LogP contribution in [0.1, 0.15) is 21.5 Å². The van der Waals surface area contributed by atoms with Gasteiger partial charge in [-0.15, -0.1) is 0 Å². The standard InChI is InChI=1S/C18H20N2O5/c1-12-5-4-6-14(17(12)20(22)23)18(21)19-10-9-13-7-8-15(24-2)16(11-13)25-3/h4-8,11H,9-10H2,1-3H3,(H,19,21). The number of nitrogens with one attached hydrogen (secondary N) is 1. The van der Waals surface area contributed by atoms with Crippen LogP contribution in [0.2, 0.25) is 0 Å². The SMILES string of the molecule is COc1ccc(CCNC(=O)c2cccc(C)c2[N+](=O)[O-])cc1OC. The summed E-state index contributed by atoms with van der Waals surface area (Å²) in [5, 5.41) is 13.9. The normalized spacial score (nSPS) is 10.2. The molecule has 0 fully saturated rings. The Hall–Kier alpha value is -3.09. The van der Waals surface area contributed by atoms with Crippen LogP contribution in [0, 0.1) is 17.0 Å². The second-order valence-electron chi connectivity index (χ2n) is 5.42. The maximum Gasteiger partial charge on any atom is 0.285 e. The van der Waals surface area contributed by atoms with Gasteiger partial charge in [-0.25, -0.2) is 0 Å². The molecule has 0 saturated carbocycles. The van der Waals surface area contributed by atoms with E-state index >= 15 is 0 Å². The summed E-state index contributed by atoms with van der Waals surface area (Å²) in [6, 6.07) is 10.2. The summed E-state index contributed by atoms with van der Waals surface area (Å²) in [5.74, 6) is 0.780. The molecule has 0 heterocycles. The Bertz CT molecular complexity index is 789. The van der Waals surface area contributed by atoms with Crippen molar-refractivity contribution in [2.24, 2.45) is 0 Å². The van der Waals surface area contributed by atoms with Gasteiger partial charge < -0.3 is 14.8 Å². The van der Waals surface area contributed by atoms with Gasteiger partial charge >= 0.3 is 0 Å². The zero-order chi connectivity index (χ0) is 18.4. The fraction of sp³-hybridized carbons (Fsp3) is 0.278. The molecule has 0 aromatic heterocycles. The largest absolute Gasteiger partial charge is 0.493 e. The number of rotatable bonds is 7. The minimum atomic E-state index is -0.529. The van der Waals surface area contributed by atoms with E-state index in [9.17, 15) is 14.9 Å². The first-order valence-corrected chi connectivity index (χ1v) is 7.71. The number of nitro benzene ring substituents is 1. The van der Waals surface area contributed by atoms with Crippen LogP contribution in [0.3, 0.4) is 0 Å². The second kappa shape index (κ2) is 8.14. The Balaban J connectivity index is 2.04. The van der Waals surface area contributed by atoms with Crippen LogP contribution in [0.15, 0.2) is 36.4 Å². The van der Waals surface area contributed by atoms with Gasteiger partial charge in [0.1, 0.15) is 5.56 Å². The van der Waals surface area contributed by atoms with Gasteiger partial charge in [0.2, 0.25) is 0 Å². The van der Waals surface area contributed by atoms with Gasteiger partial charge in [0, 0.05) is 12.1 Å². The lowest BCUT2D eigenvalue weighted by molar-refractivity contribution is -0.385. The summed E-state index contributed by atoms with van der Waals surface area (Å²) in [6.07, 6.45) is 0.561. The van der Waals surface area contributed by atoms with E-state index in [1.807, 2.05) is 12.1 Å². The first kappa shape index (κ1) is 18.3. The molecule has 0 aliphatic rings. The highest BCUT2D eigenvalue weighted by atomic mass is 16.6. The minimum absolute atomic E-state index is 0.0670. The quantitative estimate of drug-likeness (QED) is 0.616. The van der Waals surface area contributed by atoms with E-state index < -0.39 is 10.8 Å². The number of para-hydroxylation sites is 1. The van der Waals surface area contributed by atoms with Gasteiger partial charge in [-0.05, 0) is 37.1 Å². The van der Waals surface area contributed by atoms with Crippen LogP contribution in [0.4, 0.5) is 5.69 Å². The third-order valence-corrected chi connectivity index (χ3v) is 3.81. The average Bonchev–Trinajstić information content (AvgIpc) is 2.60. The third kappa shape index (κ3) is 4.26. The van der Waals surface area contributed by atoms with Crippen LogP contribution in [-0.4, -0.2) is 31.6 Å². The zero-order valence-corrected chi connectivity index (χ0v) is 14.4. The predicted molar refractivity (Wildman–Crippen MR) is 93.4 cm³/mol. The number of nitro groups is 1. The maximum absolute atomic E-state index is 12.3. The Labute approximate surface area is 145 Å². The van der Waals surface area contributed by atoms with Crippen LogP contribution in [0.25, 0.3) is 0 Å². The molecule has 132 valence electrons. The Morgan fingerprint density at radius 2 is 1.88 bits per heavy atom. The number of aryl methyl sites for hydroxylation is 1. The lowest BCUT2D eigenvalue weighted by atomic mass is 10.1. The van der Waals surface area contributed by atoms with E-state index in [-0.39, 0.29) is 11.3 Å². The first-order valence-electron chi connectivity index (χ1n) is 7.71. The van der Waals surface area contributed by atoms with E-state index in [2.05, 4.69) is 5.32 Å². The molecule has 0 radical (unpaired) electrons. The number of amides is 1. The Kier molecular flexibility index (Phi) is 5.94. The van der Waals surface area contributed by atoms with Crippen molar-refractivity contribution in [2.75, 3.05) is 20.8 Å². The van der Waals surface area contributed by atoms with E-state index in [4.69, 9.17) is 9.47 Å². The smallest absolute Gasteiger partial charge is 0.285 e. The molecule has 1 N–H and O–H groups in total. The fourth-order valence-electron chi connectivity index (χ4n) is 2.54. The first-order chi connectivity index (χ1) is 12.0. The summed E-state index contributed by atoms with van der Waals surface area (Å²) in [6.45, 7) is 1.96. The average molecular weight is 344 g/mol. The van der Waals surface area contributed by atoms with Crippen molar-refractivity contribution in [3.05, 3.63) is 63.2 Å². The van der Waals surface area contributed by atoms with Gasteiger partial charge in [0.05, 0.1) is 19.1 Å². The summed E-state index contributed by atoms with van der Waals surface area (Å²) < 4.78 is 10.4. The third-order valence-electron chi connectivity index (χ3n) is 3.81. The molecule has 2 aromatic rings. The molecule has 0 saturated heterocycles. The molecule has 0 unspecified atom stereocenters. The molecule has 0 aliphatic heterocycles. The number of carbonyl (C=O) groups excluding carboxylic acids is 1. The molecule has 25 heavy (non-hydrogen) atoms. The number of hydrogen-bond donors (Lipinski definition) is 1. The van der Waals surface area contributed by atoms with Gasteiger partial charge in [0.25, 0.3) is 11.6 Å². The molecular weight excluding hydrogens is 324 g/mol. The summed E-state index contributed by atoms with van der Waals surface area (Å²) in [4.78, 5) is 22.9. The second-order valence-corrected chi connectivity index (χ2v) is 5.42. The molecule has 2 rings (SSSR count). The van der Waals surface area contributed by atoms with Crippen LogP contribution >= 0.6 is 0 Å². The lowest BCUT2D eigenvalue weighted by Crippen LogP contribution is -2.26. The summed E-state index contributed by atoms with van der Waals surface area (Å²) in [5.41, 5.74) is 1.32. The van der Waals surface area contributed by atoms with Crippen LogP contribution < -0.4 is 14.8 Å². The number of nitrogens with zero attached hydrogens (tertiary/aromatic N) is 1. The summed E-state index contributed by atoms with van der Waals surface area (Å²) >= 11 is 0. The number of ether oxygens (including phenoxy) is 2. The monoisotopic (exact) mass is 344 g/mol. The number of hydrogen-bond acceptors (Lipinski definition) is 5. The molecular formula is C18H20N2O5. The van der Waals surface area contributed by atoms with E-state index in [1.165, 1.54) is 6.07 Å². The zero-order valence-electron chi connectivity index (χ0n) is 14.4. The van der Waals surface area contributed by atoms with Gasteiger partial charge in [-0.2, -0.15) is 0 Å². The van der Waals surface area contributed by atoms with Crippen molar-refractivity contribution in [3.8, 4) is 11.5 Å². The van der Waals surface area contributed by atoms with Gasteiger partial charge in [0.15, 0.2) is 11.5 Å². The highest BCUT2D eigenvalue weighted by Crippen LogP contribution is 2.27. The molecule has 7 nitrogen and oxygen atoms in total. The molecule has 0 spiro atoms. The predicted octanol–water partition coefficient (Wildman–Crippen LogP) is 2.89. The topological polar surface area (TPSA) is 90.7 Å². The number of carbonyl (C=O) groups is 1.